The summed E-state index contributed by atoms with van der Waals surface area (Å²) >= 11 is 0. The third-order valence-corrected chi connectivity index (χ3v) is 6.47. The Morgan fingerprint density at radius 3 is 2.83 bits per heavy atom. The molecule has 1 aromatic heterocycles. The van der Waals surface area contributed by atoms with Gasteiger partial charge in [0.25, 0.3) is 5.91 Å². The molecule has 1 N–H and O–H groups in total. The molecule has 2 saturated carbocycles. The quantitative estimate of drug-likeness (QED) is 0.898. The molecule has 3 fully saturated rings. The van der Waals surface area contributed by atoms with E-state index in [9.17, 15) is 4.79 Å². The molecule has 1 saturated heterocycles. The summed E-state index contributed by atoms with van der Waals surface area (Å²) in [5.74, 6) is 1.61. The van der Waals surface area contributed by atoms with Crippen molar-refractivity contribution < 1.29 is 9.53 Å². The predicted octanol–water partition coefficient (Wildman–Crippen LogP) is 1.51. The minimum Gasteiger partial charge on any atom is -0.377 e. The van der Waals surface area contributed by atoms with Gasteiger partial charge in [-0.3, -0.25) is 4.79 Å². The maximum Gasteiger partial charge on any atom is 0.270 e. The van der Waals surface area contributed by atoms with Gasteiger partial charge in [-0.25, -0.2) is 4.68 Å². The van der Waals surface area contributed by atoms with Crippen molar-refractivity contribution in [1.29, 1.82) is 0 Å². The molecule has 2 aliphatic carbocycles. The second-order valence-corrected chi connectivity index (χ2v) is 7.87. The normalized spacial score (nSPS) is 35.1. The third-order valence-electron chi connectivity index (χ3n) is 6.47. The Labute approximate surface area is 136 Å². The van der Waals surface area contributed by atoms with Crippen LogP contribution >= 0.6 is 0 Å². The molecule has 0 bridgehead atoms. The van der Waals surface area contributed by atoms with E-state index in [-0.39, 0.29) is 17.0 Å². The molecule has 0 aromatic carbocycles. The molecule has 6 heteroatoms. The van der Waals surface area contributed by atoms with E-state index in [4.69, 9.17) is 9.84 Å². The average Bonchev–Trinajstić information content (AvgIpc) is 3.45. The lowest BCUT2D eigenvalue weighted by Crippen LogP contribution is -2.61. The molecule has 124 valence electrons. The number of nitrogens with one attached hydrogen (secondary N) is 1. The Morgan fingerprint density at radius 2 is 2.17 bits per heavy atom. The van der Waals surface area contributed by atoms with Crippen LogP contribution in [0.15, 0.2) is 6.07 Å². The molecule has 1 aromatic rings. The number of fused-ring (bicyclic) bond motifs is 1. The van der Waals surface area contributed by atoms with Crippen LogP contribution in [0.5, 0.6) is 0 Å². The van der Waals surface area contributed by atoms with E-state index in [2.05, 4.69) is 28.7 Å². The standard InChI is InChI=1S/C17H24N4O2/c1-11-10-23-8-7-20(11)14-9-13-15(22)18-17(5-6-17)16(2,12-3-4-12)21(13)19-14/h9,11-12H,3-8,10H2,1-2H3,(H,18,22)/t11-,16-/m1/s1. The summed E-state index contributed by atoms with van der Waals surface area (Å²) in [6.07, 6.45) is 4.65. The lowest BCUT2D eigenvalue weighted by molar-refractivity contribution is 0.0687. The Balaban J connectivity index is 1.61. The van der Waals surface area contributed by atoms with Crippen LogP contribution in [-0.4, -0.2) is 47.0 Å². The van der Waals surface area contributed by atoms with E-state index in [0.29, 0.717) is 12.0 Å². The highest BCUT2D eigenvalue weighted by atomic mass is 16.5. The number of nitrogens with zero attached hydrogens (tertiary/aromatic N) is 3. The van der Waals surface area contributed by atoms with Crippen molar-refractivity contribution in [2.45, 2.75) is 56.7 Å². The lowest BCUT2D eigenvalue weighted by Gasteiger charge is -2.44. The maximum atomic E-state index is 12.6. The molecule has 4 aliphatic rings. The molecular formula is C17H24N4O2. The summed E-state index contributed by atoms with van der Waals surface area (Å²) in [6.45, 7) is 6.74. The molecule has 1 amide bonds. The summed E-state index contributed by atoms with van der Waals surface area (Å²) in [7, 11) is 0. The number of carbonyl (C=O) groups is 1. The van der Waals surface area contributed by atoms with Gasteiger partial charge in [0.1, 0.15) is 5.69 Å². The van der Waals surface area contributed by atoms with E-state index in [0.717, 1.165) is 44.1 Å². The van der Waals surface area contributed by atoms with Gasteiger partial charge in [0.05, 0.1) is 30.3 Å². The molecule has 2 aliphatic heterocycles. The summed E-state index contributed by atoms with van der Waals surface area (Å²) in [5, 5.41) is 8.27. The number of hydrogen-bond acceptors (Lipinski definition) is 4. The summed E-state index contributed by atoms with van der Waals surface area (Å²) in [5.41, 5.74) is 0.605. The molecule has 0 radical (unpaired) electrons. The van der Waals surface area contributed by atoms with Crippen molar-refractivity contribution in [2.24, 2.45) is 5.92 Å². The zero-order valence-corrected chi connectivity index (χ0v) is 13.8. The topological polar surface area (TPSA) is 59.4 Å². The maximum absolute atomic E-state index is 12.6. The van der Waals surface area contributed by atoms with Gasteiger partial charge in [-0.2, -0.15) is 5.10 Å². The summed E-state index contributed by atoms with van der Waals surface area (Å²) in [6, 6.07) is 2.28. The van der Waals surface area contributed by atoms with Crippen LogP contribution < -0.4 is 10.2 Å². The van der Waals surface area contributed by atoms with Crippen molar-refractivity contribution >= 4 is 11.7 Å². The number of carbonyl (C=O) groups excluding carboxylic acids is 1. The predicted molar refractivity (Wildman–Crippen MR) is 85.7 cm³/mol. The van der Waals surface area contributed by atoms with Gasteiger partial charge in [0.2, 0.25) is 0 Å². The fraction of sp³-hybridized carbons (Fsp3) is 0.765. The molecule has 23 heavy (non-hydrogen) atoms. The fourth-order valence-electron chi connectivity index (χ4n) is 4.67. The van der Waals surface area contributed by atoms with E-state index >= 15 is 0 Å². The largest absolute Gasteiger partial charge is 0.377 e. The first-order chi connectivity index (χ1) is 11.1. The molecule has 2 atom stereocenters. The number of aromatic nitrogens is 2. The van der Waals surface area contributed by atoms with Crippen molar-refractivity contribution in [3.8, 4) is 0 Å². The van der Waals surface area contributed by atoms with Gasteiger partial charge in [-0.15, -0.1) is 0 Å². The highest BCUT2D eigenvalue weighted by Gasteiger charge is 2.67. The van der Waals surface area contributed by atoms with Gasteiger partial charge >= 0.3 is 0 Å². The summed E-state index contributed by atoms with van der Waals surface area (Å²) < 4.78 is 7.61. The molecule has 0 unspecified atom stereocenters. The van der Waals surface area contributed by atoms with Crippen molar-refractivity contribution in [1.82, 2.24) is 15.1 Å². The van der Waals surface area contributed by atoms with E-state index in [1.54, 1.807) is 0 Å². The zero-order chi connectivity index (χ0) is 15.8. The van der Waals surface area contributed by atoms with Crippen LogP contribution in [0.1, 0.15) is 50.0 Å². The number of rotatable bonds is 2. The van der Waals surface area contributed by atoms with E-state index in [1.165, 1.54) is 12.8 Å². The molecule has 6 nitrogen and oxygen atoms in total. The summed E-state index contributed by atoms with van der Waals surface area (Å²) in [4.78, 5) is 14.9. The fourth-order valence-corrected chi connectivity index (χ4v) is 4.67. The van der Waals surface area contributed by atoms with Gasteiger partial charge in [0, 0.05) is 12.6 Å². The van der Waals surface area contributed by atoms with Gasteiger partial charge in [0.15, 0.2) is 5.82 Å². The van der Waals surface area contributed by atoms with Crippen LogP contribution in [0.25, 0.3) is 0 Å². The second-order valence-electron chi connectivity index (χ2n) is 7.87. The third kappa shape index (κ3) is 1.73. The Morgan fingerprint density at radius 1 is 1.39 bits per heavy atom. The Hall–Kier alpha value is -1.56. The van der Waals surface area contributed by atoms with E-state index < -0.39 is 0 Å². The van der Waals surface area contributed by atoms with Crippen molar-refractivity contribution in [2.75, 3.05) is 24.7 Å². The zero-order valence-electron chi connectivity index (χ0n) is 13.8. The van der Waals surface area contributed by atoms with Crippen LogP contribution in [-0.2, 0) is 10.3 Å². The van der Waals surface area contributed by atoms with Gasteiger partial charge < -0.3 is 15.0 Å². The van der Waals surface area contributed by atoms with Crippen molar-refractivity contribution in [3.05, 3.63) is 11.8 Å². The number of anilines is 1. The smallest absolute Gasteiger partial charge is 0.270 e. The molecular weight excluding hydrogens is 292 g/mol. The first-order valence-corrected chi connectivity index (χ1v) is 8.83. The monoisotopic (exact) mass is 316 g/mol. The highest BCUT2D eigenvalue weighted by molar-refractivity contribution is 5.95. The minimum atomic E-state index is -0.0655. The van der Waals surface area contributed by atoms with Crippen LogP contribution in [0.3, 0.4) is 0 Å². The Kier molecular flexibility index (Phi) is 2.58. The average molecular weight is 316 g/mol. The first-order valence-electron chi connectivity index (χ1n) is 8.83. The number of ether oxygens (including phenoxy) is 1. The van der Waals surface area contributed by atoms with Crippen molar-refractivity contribution in [3.63, 3.8) is 0 Å². The first kappa shape index (κ1) is 13.8. The second kappa shape index (κ2) is 4.29. The molecule has 1 spiro atoms. The molecule has 5 rings (SSSR count). The number of morpholine rings is 1. The Bertz CT molecular complexity index is 676. The lowest BCUT2D eigenvalue weighted by atomic mass is 9.82. The van der Waals surface area contributed by atoms with Gasteiger partial charge in [-0.1, -0.05) is 0 Å². The SMILES string of the molecule is C[C@@H]1COCCN1c1cc2n(n1)[C@](C)(C1CC1)C1(CC1)NC2=O. The number of amides is 1. The highest BCUT2D eigenvalue weighted by Crippen LogP contribution is 2.60. The van der Waals surface area contributed by atoms with Crippen LogP contribution in [0.4, 0.5) is 5.82 Å². The van der Waals surface area contributed by atoms with Gasteiger partial charge in [-0.05, 0) is 45.4 Å². The minimum absolute atomic E-state index is 0.0419. The van der Waals surface area contributed by atoms with Crippen LogP contribution in [0, 0.1) is 5.92 Å². The number of hydrogen-bond donors (Lipinski definition) is 1. The van der Waals surface area contributed by atoms with Crippen LogP contribution in [0.2, 0.25) is 0 Å². The molecule has 3 heterocycles. The van der Waals surface area contributed by atoms with E-state index in [1.807, 2.05) is 6.07 Å².